The Morgan fingerprint density at radius 3 is 2.52 bits per heavy atom. The van der Waals surface area contributed by atoms with E-state index in [2.05, 4.69) is 5.32 Å². The molecule has 1 rings (SSSR count). The van der Waals surface area contributed by atoms with Gasteiger partial charge in [0.1, 0.15) is 5.82 Å². The van der Waals surface area contributed by atoms with E-state index in [4.69, 9.17) is 9.47 Å². The summed E-state index contributed by atoms with van der Waals surface area (Å²) in [4.78, 5) is 11.8. The van der Waals surface area contributed by atoms with Gasteiger partial charge in [-0.15, -0.1) is 0 Å². The number of carbonyl (C=O) groups excluding carboxylic acids is 1. The molecular weight excluding hydrogens is 294 g/mol. The second-order valence-corrected chi connectivity index (χ2v) is 4.19. The Balaban J connectivity index is 2.84. The first-order valence-electron chi connectivity index (χ1n) is 5.96. The quantitative estimate of drug-likeness (QED) is 0.820. The van der Waals surface area contributed by atoms with Crippen LogP contribution in [0.15, 0.2) is 18.2 Å². The number of carbonyl (C=O) groups is 1. The highest BCUT2D eigenvalue weighted by molar-refractivity contribution is 5.94. The molecule has 21 heavy (non-hydrogen) atoms. The highest BCUT2D eigenvalue weighted by atomic mass is 19.4. The first-order valence-corrected chi connectivity index (χ1v) is 5.96. The van der Waals surface area contributed by atoms with Gasteiger partial charge in [0.2, 0.25) is 0 Å². The van der Waals surface area contributed by atoms with E-state index in [0.717, 1.165) is 12.1 Å². The number of hydrogen-bond donors (Lipinski definition) is 1. The van der Waals surface area contributed by atoms with Gasteiger partial charge in [-0.2, -0.15) is 13.2 Å². The van der Waals surface area contributed by atoms with E-state index in [1.807, 2.05) is 0 Å². The average Bonchev–Trinajstić information content (AvgIpc) is 2.42. The van der Waals surface area contributed by atoms with E-state index < -0.39 is 35.1 Å². The molecule has 118 valence electrons. The van der Waals surface area contributed by atoms with Crippen LogP contribution in [0, 0.1) is 5.82 Å². The molecule has 8 heteroatoms. The second kappa shape index (κ2) is 7.37. The van der Waals surface area contributed by atoms with Crippen LogP contribution in [-0.2, 0) is 15.7 Å². The van der Waals surface area contributed by atoms with Gasteiger partial charge in [0, 0.05) is 20.8 Å². The predicted molar refractivity (Wildman–Crippen MR) is 66.4 cm³/mol. The molecule has 0 saturated heterocycles. The maximum Gasteiger partial charge on any atom is 0.419 e. The summed E-state index contributed by atoms with van der Waals surface area (Å²) in [6.07, 6.45) is -5.33. The fourth-order valence-corrected chi connectivity index (χ4v) is 1.62. The Morgan fingerprint density at radius 1 is 1.33 bits per heavy atom. The number of alkyl halides is 3. The van der Waals surface area contributed by atoms with Gasteiger partial charge in [-0.1, -0.05) is 6.07 Å². The molecule has 0 aliphatic rings. The Morgan fingerprint density at radius 2 is 2.00 bits per heavy atom. The zero-order valence-corrected chi connectivity index (χ0v) is 11.5. The van der Waals surface area contributed by atoms with Gasteiger partial charge in [-0.05, 0) is 12.1 Å². The normalized spacial score (nSPS) is 13.0. The van der Waals surface area contributed by atoms with Crippen molar-refractivity contribution in [3.05, 3.63) is 35.1 Å². The molecule has 0 heterocycles. The molecule has 1 unspecified atom stereocenters. The zero-order valence-electron chi connectivity index (χ0n) is 11.5. The summed E-state index contributed by atoms with van der Waals surface area (Å²) in [7, 11) is 2.82. The first-order chi connectivity index (χ1) is 9.81. The van der Waals surface area contributed by atoms with Crippen LogP contribution in [0.5, 0.6) is 0 Å². The molecule has 0 bridgehead atoms. The number of amides is 1. The van der Waals surface area contributed by atoms with Crippen molar-refractivity contribution in [3.8, 4) is 0 Å². The Labute approximate surface area is 119 Å². The van der Waals surface area contributed by atoms with Gasteiger partial charge in [-0.3, -0.25) is 4.79 Å². The van der Waals surface area contributed by atoms with Gasteiger partial charge < -0.3 is 14.8 Å². The SMILES string of the molecule is COCC(CNC(=O)c1cccc(C(F)(F)F)c1F)OC. The lowest BCUT2D eigenvalue weighted by molar-refractivity contribution is -0.140. The van der Waals surface area contributed by atoms with E-state index in [0.29, 0.717) is 6.07 Å². The number of nitrogens with one attached hydrogen (secondary N) is 1. The minimum atomic E-state index is -4.86. The maximum atomic E-state index is 13.7. The summed E-state index contributed by atoms with van der Waals surface area (Å²) in [5.41, 5.74) is -2.15. The molecule has 0 spiro atoms. The molecule has 1 N–H and O–H groups in total. The van der Waals surface area contributed by atoms with E-state index in [9.17, 15) is 22.4 Å². The van der Waals surface area contributed by atoms with E-state index >= 15 is 0 Å². The smallest absolute Gasteiger partial charge is 0.382 e. The second-order valence-electron chi connectivity index (χ2n) is 4.19. The molecule has 4 nitrogen and oxygen atoms in total. The highest BCUT2D eigenvalue weighted by Gasteiger charge is 2.35. The summed E-state index contributed by atoms with van der Waals surface area (Å²) in [5.74, 6) is -2.54. The third kappa shape index (κ3) is 4.68. The van der Waals surface area contributed by atoms with E-state index in [1.165, 1.54) is 14.2 Å². The van der Waals surface area contributed by atoms with Gasteiger partial charge in [0.25, 0.3) is 5.91 Å². The van der Waals surface area contributed by atoms with Crippen LogP contribution in [0.4, 0.5) is 17.6 Å². The number of benzene rings is 1. The lowest BCUT2D eigenvalue weighted by atomic mass is 10.1. The molecule has 0 fully saturated rings. The fraction of sp³-hybridized carbons (Fsp3) is 0.462. The van der Waals surface area contributed by atoms with Crippen LogP contribution < -0.4 is 5.32 Å². The molecule has 1 aromatic carbocycles. The molecule has 1 amide bonds. The van der Waals surface area contributed by atoms with Gasteiger partial charge >= 0.3 is 6.18 Å². The number of hydrogen-bond acceptors (Lipinski definition) is 3. The Kier molecular flexibility index (Phi) is 6.10. The van der Waals surface area contributed by atoms with E-state index in [-0.39, 0.29) is 13.2 Å². The largest absolute Gasteiger partial charge is 0.419 e. The van der Waals surface area contributed by atoms with Crippen molar-refractivity contribution in [2.24, 2.45) is 0 Å². The summed E-state index contributed by atoms with van der Waals surface area (Å²) >= 11 is 0. The molecule has 0 aliphatic heterocycles. The molecular formula is C13H15F4NO3. The van der Waals surface area contributed by atoms with Crippen LogP contribution in [-0.4, -0.2) is 39.4 Å². The van der Waals surface area contributed by atoms with Crippen molar-refractivity contribution >= 4 is 5.91 Å². The van der Waals surface area contributed by atoms with Crippen molar-refractivity contribution in [3.63, 3.8) is 0 Å². The average molecular weight is 309 g/mol. The van der Waals surface area contributed by atoms with Crippen LogP contribution in [0.3, 0.4) is 0 Å². The zero-order chi connectivity index (χ0) is 16.0. The summed E-state index contributed by atoms with van der Waals surface area (Å²) in [5, 5.41) is 2.30. The monoisotopic (exact) mass is 309 g/mol. The molecule has 0 saturated carbocycles. The van der Waals surface area contributed by atoms with Crippen molar-refractivity contribution < 1.29 is 31.8 Å². The predicted octanol–water partition coefficient (Wildman–Crippen LogP) is 2.24. The van der Waals surface area contributed by atoms with E-state index in [1.54, 1.807) is 0 Å². The summed E-state index contributed by atoms with van der Waals surface area (Å²) in [6.45, 7) is 0.167. The van der Waals surface area contributed by atoms with Crippen LogP contribution in [0.2, 0.25) is 0 Å². The number of methoxy groups -OCH3 is 2. The van der Waals surface area contributed by atoms with Gasteiger partial charge in [0.05, 0.1) is 23.8 Å². The third-order valence-corrected chi connectivity index (χ3v) is 2.72. The van der Waals surface area contributed by atoms with Crippen molar-refractivity contribution in [2.75, 3.05) is 27.4 Å². The van der Waals surface area contributed by atoms with Crippen molar-refractivity contribution in [1.82, 2.24) is 5.32 Å². The highest BCUT2D eigenvalue weighted by Crippen LogP contribution is 2.32. The Bertz CT molecular complexity index is 491. The number of halogens is 4. The Hall–Kier alpha value is -1.67. The maximum absolute atomic E-state index is 13.7. The van der Waals surface area contributed by atoms with Gasteiger partial charge in [-0.25, -0.2) is 4.39 Å². The topological polar surface area (TPSA) is 47.6 Å². The van der Waals surface area contributed by atoms with Crippen molar-refractivity contribution in [1.29, 1.82) is 0 Å². The molecule has 0 aliphatic carbocycles. The van der Waals surface area contributed by atoms with Crippen LogP contribution in [0.1, 0.15) is 15.9 Å². The molecule has 1 atom stereocenters. The molecule has 0 radical (unpaired) electrons. The third-order valence-electron chi connectivity index (χ3n) is 2.72. The standard InChI is InChI=1S/C13H15F4NO3/c1-20-7-8(21-2)6-18-12(19)9-4-3-5-10(11(9)14)13(15,16)17/h3-5,8H,6-7H2,1-2H3,(H,18,19). The first kappa shape index (κ1) is 17.4. The lowest BCUT2D eigenvalue weighted by Gasteiger charge is -2.16. The molecule has 1 aromatic rings. The van der Waals surface area contributed by atoms with Crippen LogP contribution in [0.25, 0.3) is 0 Å². The number of ether oxygens (including phenoxy) is 2. The minimum Gasteiger partial charge on any atom is -0.382 e. The van der Waals surface area contributed by atoms with Gasteiger partial charge in [0.15, 0.2) is 0 Å². The van der Waals surface area contributed by atoms with Crippen LogP contribution >= 0.6 is 0 Å². The number of rotatable bonds is 6. The summed E-state index contributed by atoms with van der Waals surface area (Å²) in [6, 6.07) is 2.54. The minimum absolute atomic E-state index is 0.0150. The van der Waals surface area contributed by atoms with Crippen molar-refractivity contribution in [2.45, 2.75) is 12.3 Å². The summed E-state index contributed by atoms with van der Waals surface area (Å²) < 4.78 is 61.2. The molecule has 0 aromatic heterocycles. The lowest BCUT2D eigenvalue weighted by Crippen LogP contribution is -2.36. The fourth-order valence-electron chi connectivity index (χ4n) is 1.62.